The van der Waals surface area contributed by atoms with Crippen molar-refractivity contribution >= 4 is 5.91 Å². The largest absolute Gasteiger partial charge is 0.352 e. The Morgan fingerprint density at radius 1 is 1.18 bits per heavy atom. The molecule has 1 N–H and O–H groups in total. The minimum Gasteiger partial charge on any atom is -0.350 e. The molecule has 0 saturated heterocycles. The fourth-order valence-electron chi connectivity index (χ4n) is 2.00. The van der Waals surface area contributed by atoms with Crippen molar-refractivity contribution in [2.75, 3.05) is 6.54 Å². The van der Waals surface area contributed by atoms with Gasteiger partial charge in [0.1, 0.15) is 0 Å². The molecule has 116 valence electrons. The van der Waals surface area contributed by atoms with E-state index in [0.717, 1.165) is 15.7 Å². The molecule has 0 aliphatic rings. The Hall–Kier alpha value is -2.70. The molecule has 0 atom stereocenters. The van der Waals surface area contributed by atoms with Crippen LogP contribution in [-0.4, -0.2) is 26.8 Å². The average molecular weight is 302 g/mol. The highest BCUT2D eigenvalue weighted by Gasteiger charge is 2.18. The van der Waals surface area contributed by atoms with Crippen molar-refractivity contribution < 1.29 is 4.79 Å². The molecule has 7 heteroatoms. The number of nitrogens with one attached hydrogen (secondary N) is 1. The fraction of sp³-hybridized carbons (Fsp3) is 0.333. The predicted octanol–water partition coefficient (Wildman–Crippen LogP) is 0.554. The third-order valence-electron chi connectivity index (χ3n) is 3.13. The topological polar surface area (TPSA) is 86.0 Å². The zero-order chi connectivity index (χ0) is 16.1. The van der Waals surface area contributed by atoms with Crippen LogP contribution in [0.25, 0.3) is 5.69 Å². The first-order valence-electron chi connectivity index (χ1n) is 7.18. The van der Waals surface area contributed by atoms with Crippen LogP contribution in [-0.2, 0) is 6.54 Å². The minimum absolute atomic E-state index is 0.168. The molecule has 1 aromatic carbocycles. The molecule has 0 aliphatic carbocycles. The Balaban J connectivity index is 2.63. The molecular formula is C15H18N4O3. The maximum Gasteiger partial charge on any atom is 0.352 e. The van der Waals surface area contributed by atoms with Crippen LogP contribution in [0.3, 0.4) is 0 Å². The standard InChI is InChI=1S/C15H18N4O3/c1-3-10-16-13(20)12-14(21)18(4-2)15(22)19(17-12)11-8-6-5-7-9-11/h5-9H,3-4,10H2,1-2H3,(H,16,20). The average Bonchev–Trinajstić information content (AvgIpc) is 2.54. The van der Waals surface area contributed by atoms with Gasteiger partial charge < -0.3 is 5.32 Å². The number of carbonyl (C=O) groups is 1. The van der Waals surface area contributed by atoms with Gasteiger partial charge in [-0.05, 0) is 25.5 Å². The number of carbonyl (C=O) groups excluding carboxylic acids is 1. The van der Waals surface area contributed by atoms with Gasteiger partial charge in [-0.2, -0.15) is 9.78 Å². The summed E-state index contributed by atoms with van der Waals surface area (Å²) in [7, 11) is 0. The van der Waals surface area contributed by atoms with Gasteiger partial charge in [-0.3, -0.25) is 14.2 Å². The van der Waals surface area contributed by atoms with Crippen molar-refractivity contribution in [3.63, 3.8) is 0 Å². The zero-order valence-corrected chi connectivity index (χ0v) is 12.6. The normalized spacial score (nSPS) is 10.5. The van der Waals surface area contributed by atoms with Gasteiger partial charge in [-0.15, -0.1) is 0 Å². The molecular weight excluding hydrogens is 284 g/mol. The van der Waals surface area contributed by atoms with E-state index in [1.165, 1.54) is 0 Å². The molecule has 1 heterocycles. The van der Waals surface area contributed by atoms with Gasteiger partial charge in [-0.25, -0.2) is 4.79 Å². The number of hydrogen-bond donors (Lipinski definition) is 1. The van der Waals surface area contributed by atoms with Gasteiger partial charge in [0, 0.05) is 13.1 Å². The number of rotatable bonds is 5. The van der Waals surface area contributed by atoms with E-state index < -0.39 is 17.2 Å². The Kier molecular flexibility index (Phi) is 4.88. The molecule has 0 unspecified atom stereocenters. The summed E-state index contributed by atoms with van der Waals surface area (Å²) >= 11 is 0. The van der Waals surface area contributed by atoms with E-state index in [0.29, 0.717) is 12.2 Å². The highest BCUT2D eigenvalue weighted by Crippen LogP contribution is 2.01. The molecule has 0 fully saturated rings. The van der Waals surface area contributed by atoms with E-state index >= 15 is 0 Å². The van der Waals surface area contributed by atoms with Gasteiger partial charge in [0.15, 0.2) is 0 Å². The van der Waals surface area contributed by atoms with E-state index in [2.05, 4.69) is 10.4 Å². The minimum atomic E-state index is -0.673. The Morgan fingerprint density at radius 3 is 2.45 bits per heavy atom. The lowest BCUT2D eigenvalue weighted by Crippen LogP contribution is -2.45. The van der Waals surface area contributed by atoms with Crippen LogP contribution in [0.5, 0.6) is 0 Å². The van der Waals surface area contributed by atoms with Gasteiger partial charge in [-0.1, -0.05) is 25.1 Å². The van der Waals surface area contributed by atoms with Gasteiger partial charge in [0.05, 0.1) is 5.69 Å². The summed E-state index contributed by atoms with van der Waals surface area (Å²) in [6.45, 7) is 4.19. The van der Waals surface area contributed by atoms with Gasteiger partial charge in [0.2, 0.25) is 5.69 Å². The molecule has 22 heavy (non-hydrogen) atoms. The summed E-state index contributed by atoms with van der Waals surface area (Å²) < 4.78 is 2.08. The van der Waals surface area contributed by atoms with E-state index in [1.54, 1.807) is 37.3 Å². The Bertz CT molecular complexity index is 778. The molecule has 7 nitrogen and oxygen atoms in total. The first-order valence-corrected chi connectivity index (χ1v) is 7.18. The van der Waals surface area contributed by atoms with Gasteiger partial charge >= 0.3 is 5.69 Å². The SMILES string of the molecule is CCCNC(=O)c1nn(-c2ccccc2)c(=O)n(CC)c1=O. The molecule has 1 aromatic heterocycles. The lowest BCUT2D eigenvalue weighted by atomic mass is 10.3. The van der Waals surface area contributed by atoms with Crippen molar-refractivity contribution in [3.8, 4) is 5.69 Å². The van der Waals surface area contributed by atoms with Crippen LogP contribution in [0.2, 0.25) is 0 Å². The van der Waals surface area contributed by atoms with Crippen LogP contribution in [0.15, 0.2) is 39.9 Å². The molecule has 1 amide bonds. The number of nitrogens with zero attached hydrogens (tertiary/aromatic N) is 3. The van der Waals surface area contributed by atoms with E-state index in [1.807, 2.05) is 6.92 Å². The second-order valence-electron chi connectivity index (χ2n) is 4.68. The predicted molar refractivity (Wildman–Crippen MR) is 82.4 cm³/mol. The molecule has 0 saturated carbocycles. The summed E-state index contributed by atoms with van der Waals surface area (Å²) in [6, 6.07) is 8.68. The van der Waals surface area contributed by atoms with Crippen molar-refractivity contribution in [2.24, 2.45) is 0 Å². The first-order chi connectivity index (χ1) is 10.6. The summed E-state index contributed by atoms with van der Waals surface area (Å²) in [5, 5.41) is 6.57. The number of aromatic nitrogens is 3. The zero-order valence-electron chi connectivity index (χ0n) is 12.6. The second-order valence-corrected chi connectivity index (χ2v) is 4.68. The molecule has 2 rings (SSSR count). The quantitative estimate of drug-likeness (QED) is 0.874. The maximum absolute atomic E-state index is 12.3. The first kappa shape index (κ1) is 15.7. The highest BCUT2D eigenvalue weighted by atomic mass is 16.2. The molecule has 0 radical (unpaired) electrons. The summed E-state index contributed by atoms with van der Waals surface area (Å²) in [6.07, 6.45) is 0.742. The van der Waals surface area contributed by atoms with Crippen molar-refractivity contribution in [3.05, 3.63) is 56.9 Å². The highest BCUT2D eigenvalue weighted by molar-refractivity contribution is 5.91. The monoisotopic (exact) mass is 302 g/mol. The summed E-state index contributed by atoms with van der Waals surface area (Å²) in [5.74, 6) is -0.571. The van der Waals surface area contributed by atoms with E-state index in [4.69, 9.17) is 0 Å². The number of para-hydroxylation sites is 1. The van der Waals surface area contributed by atoms with Crippen LogP contribution in [0, 0.1) is 0 Å². The molecule has 2 aromatic rings. The Labute approximate surface area is 127 Å². The van der Waals surface area contributed by atoms with Crippen molar-refractivity contribution in [1.82, 2.24) is 19.7 Å². The van der Waals surface area contributed by atoms with Crippen LogP contribution in [0.4, 0.5) is 0 Å². The molecule has 0 spiro atoms. The summed E-state index contributed by atoms with van der Waals surface area (Å²) in [4.78, 5) is 36.7. The van der Waals surface area contributed by atoms with Crippen LogP contribution >= 0.6 is 0 Å². The van der Waals surface area contributed by atoms with Crippen molar-refractivity contribution in [2.45, 2.75) is 26.8 Å². The van der Waals surface area contributed by atoms with Gasteiger partial charge in [0.25, 0.3) is 11.5 Å². The molecule has 0 bridgehead atoms. The Morgan fingerprint density at radius 2 is 1.86 bits per heavy atom. The number of amides is 1. The number of benzene rings is 1. The van der Waals surface area contributed by atoms with E-state index in [-0.39, 0.29) is 12.2 Å². The lowest BCUT2D eigenvalue weighted by molar-refractivity contribution is 0.0944. The van der Waals surface area contributed by atoms with Crippen LogP contribution < -0.4 is 16.6 Å². The third kappa shape index (κ3) is 2.98. The third-order valence-corrected chi connectivity index (χ3v) is 3.13. The van der Waals surface area contributed by atoms with Crippen molar-refractivity contribution in [1.29, 1.82) is 0 Å². The van der Waals surface area contributed by atoms with Crippen LogP contribution in [0.1, 0.15) is 30.8 Å². The smallest absolute Gasteiger partial charge is 0.350 e. The number of hydrogen-bond acceptors (Lipinski definition) is 4. The summed E-state index contributed by atoms with van der Waals surface area (Å²) in [5.41, 5.74) is -1.02. The van der Waals surface area contributed by atoms with E-state index in [9.17, 15) is 14.4 Å². The molecule has 0 aliphatic heterocycles. The lowest BCUT2D eigenvalue weighted by Gasteiger charge is -2.10. The fourth-order valence-corrected chi connectivity index (χ4v) is 2.00. The second kappa shape index (κ2) is 6.84. The maximum atomic E-state index is 12.3.